The maximum absolute atomic E-state index is 4.02. The zero-order valence-corrected chi connectivity index (χ0v) is 9.21. The molecule has 4 nitrogen and oxygen atoms in total. The second kappa shape index (κ2) is 4.87. The monoisotopic (exact) mass is 206 g/mol. The van der Waals surface area contributed by atoms with Crippen LogP contribution in [-0.2, 0) is 6.54 Å². The topological polar surface area (TPSA) is 24.3 Å². The van der Waals surface area contributed by atoms with Crippen LogP contribution in [0.1, 0.15) is 12.8 Å². The van der Waals surface area contributed by atoms with Crippen LogP contribution in [-0.4, -0.2) is 39.6 Å². The molecule has 0 saturated heterocycles. The molecule has 0 spiro atoms. The Balaban J connectivity index is 1.58. The lowest BCUT2D eigenvalue weighted by Crippen LogP contribution is -2.23. The predicted octanol–water partition coefficient (Wildman–Crippen LogP) is 1.34. The smallest absolute Gasteiger partial charge is 0.0945 e. The van der Waals surface area contributed by atoms with Crippen LogP contribution in [0.4, 0.5) is 0 Å². The van der Waals surface area contributed by atoms with Crippen LogP contribution < -0.4 is 0 Å². The summed E-state index contributed by atoms with van der Waals surface area (Å²) in [5, 5.41) is 0. The maximum atomic E-state index is 4.02. The third-order valence-corrected chi connectivity index (χ3v) is 2.61. The third-order valence-electron chi connectivity index (χ3n) is 2.61. The molecule has 82 valence electrons. The Morgan fingerprint density at radius 2 is 2.07 bits per heavy atom. The number of rotatable bonds is 5. The minimum atomic E-state index is 1.03. The van der Waals surface area contributed by atoms with Gasteiger partial charge in [-0.1, -0.05) is 0 Å². The van der Waals surface area contributed by atoms with E-state index in [2.05, 4.69) is 38.8 Å². The lowest BCUT2D eigenvalue weighted by atomic mass is 10.3. The highest BCUT2D eigenvalue weighted by atomic mass is 15.3. The van der Waals surface area contributed by atoms with Gasteiger partial charge in [-0.05, 0) is 12.8 Å². The summed E-state index contributed by atoms with van der Waals surface area (Å²) in [6.07, 6.45) is 12.5. The second-order valence-corrected chi connectivity index (χ2v) is 4.02. The summed E-state index contributed by atoms with van der Waals surface area (Å²) in [4.78, 5) is 8.55. The summed E-state index contributed by atoms with van der Waals surface area (Å²) in [5.41, 5.74) is 0. The Hall–Kier alpha value is -1.45. The van der Waals surface area contributed by atoms with E-state index in [1.54, 1.807) is 0 Å². The Labute approximate surface area is 90.8 Å². The quantitative estimate of drug-likeness (QED) is 0.679. The summed E-state index contributed by atoms with van der Waals surface area (Å²) in [6.45, 7) is 3.26. The molecule has 15 heavy (non-hydrogen) atoms. The summed E-state index contributed by atoms with van der Waals surface area (Å²) in [7, 11) is 2.10. The lowest BCUT2D eigenvalue weighted by Gasteiger charge is -2.17. The fourth-order valence-corrected chi connectivity index (χ4v) is 1.76. The molecule has 0 aromatic carbocycles. The van der Waals surface area contributed by atoms with E-state index in [1.165, 1.54) is 12.8 Å². The Morgan fingerprint density at radius 1 is 1.20 bits per heavy atom. The number of imidazole rings is 1. The Kier molecular flexibility index (Phi) is 3.27. The van der Waals surface area contributed by atoms with Crippen molar-refractivity contribution in [2.24, 2.45) is 0 Å². The molecule has 0 saturated carbocycles. The van der Waals surface area contributed by atoms with Gasteiger partial charge in [-0.2, -0.15) is 0 Å². The maximum Gasteiger partial charge on any atom is 0.0945 e. The van der Waals surface area contributed by atoms with E-state index >= 15 is 0 Å². The van der Waals surface area contributed by atoms with Gasteiger partial charge < -0.3 is 14.4 Å². The molecule has 1 aromatic heterocycles. The first-order valence-corrected chi connectivity index (χ1v) is 5.43. The second-order valence-electron chi connectivity index (χ2n) is 4.02. The first kappa shape index (κ1) is 10.1. The van der Waals surface area contributed by atoms with Gasteiger partial charge in [0.15, 0.2) is 0 Å². The van der Waals surface area contributed by atoms with Gasteiger partial charge in [-0.3, -0.25) is 0 Å². The third kappa shape index (κ3) is 3.01. The SMILES string of the molecule is CN1C=CN(CCCCn2ccnc2)C1. The van der Waals surface area contributed by atoms with Gasteiger partial charge in [0, 0.05) is 44.9 Å². The van der Waals surface area contributed by atoms with E-state index in [0.717, 1.165) is 19.8 Å². The van der Waals surface area contributed by atoms with E-state index in [4.69, 9.17) is 0 Å². The van der Waals surface area contributed by atoms with Crippen molar-refractivity contribution in [1.29, 1.82) is 0 Å². The van der Waals surface area contributed by atoms with Gasteiger partial charge in [0.25, 0.3) is 0 Å². The van der Waals surface area contributed by atoms with Crippen molar-refractivity contribution in [3.05, 3.63) is 31.1 Å². The van der Waals surface area contributed by atoms with E-state index in [9.17, 15) is 0 Å². The van der Waals surface area contributed by atoms with E-state index in [-0.39, 0.29) is 0 Å². The van der Waals surface area contributed by atoms with Crippen molar-refractivity contribution in [1.82, 2.24) is 19.4 Å². The first-order chi connectivity index (χ1) is 7.34. The van der Waals surface area contributed by atoms with Crippen molar-refractivity contribution in [3.8, 4) is 0 Å². The van der Waals surface area contributed by atoms with Crippen LogP contribution in [0, 0.1) is 0 Å². The van der Waals surface area contributed by atoms with Crippen molar-refractivity contribution >= 4 is 0 Å². The number of unbranched alkanes of at least 4 members (excludes halogenated alkanes) is 1. The van der Waals surface area contributed by atoms with Gasteiger partial charge >= 0.3 is 0 Å². The van der Waals surface area contributed by atoms with Crippen LogP contribution in [0.25, 0.3) is 0 Å². The van der Waals surface area contributed by atoms with Gasteiger partial charge in [0.2, 0.25) is 0 Å². The van der Waals surface area contributed by atoms with Gasteiger partial charge in [0.05, 0.1) is 13.0 Å². The molecule has 1 aliphatic heterocycles. The van der Waals surface area contributed by atoms with Gasteiger partial charge in [-0.25, -0.2) is 4.98 Å². The fourth-order valence-electron chi connectivity index (χ4n) is 1.76. The van der Waals surface area contributed by atoms with Crippen molar-refractivity contribution in [3.63, 3.8) is 0 Å². The van der Waals surface area contributed by atoms with Crippen molar-refractivity contribution in [2.75, 3.05) is 20.3 Å². The average molecular weight is 206 g/mol. The van der Waals surface area contributed by atoms with Crippen molar-refractivity contribution < 1.29 is 0 Å². The first-order valence-electron chi connectivity index (χ1n) is 5.43. The minimum Gasteiger partial charge on any atom is -0.362 e. The zero-order valence-electron chi connectivity index (χ0n) is 9.21. The van der Waals surface area contributed by atoms with E-state index in [1.807, 2.05) is 18.7 Å². The molecule has 0 radical (unpaired) electrons. The van der Waals surface area contributed by atoms with Crippen LogP contribution in [0.15, 0.2) is 31.1 Å². The average Bonchev–Trinajstić information content (AvgIpc) is 2.84. The van der Waals surface area contributed by atoms with Gasteiger partial charge in [-0.15, -0.1) is 0 Å². The highest BCUT2D eigenvalue weighted by Gasteiger charge is 2.06. The number of hydrogen-bond acceptors (Lipinski definition) is 3. The summed E-state index contributed by atoms with van der Waals surface area (Å²) >= 11 is 0. The molecule has 2 heterocycles. The van der Waals surface area contributed by atoms with Crippen LogP contribution in [0.3, 0.4) is 0 Å². The molecular weight excluding hydrogens is 188 g/mol. The Bertz CT molecular complexity index is 304. The molecule has 4 heteroatoms. The van der Waals surface area contributed by atoms with E-state index < -0.39 is 0 Å². The van der Waals surface area contributed by atoms with Gasteiger partial charge in [0.1, 0.15) is 0 Å². The number of nitrogens with zero attached hydrogens (tertiary/aromatic N) is 4. The van der Waals surface area contributed by atoms with Crippen molar-refractivity contribution in [2.45, 2.75) is 19.4 Å². The molecule has 0 unspecified atom stereocenters. The van der Waals surface area contributed by atoms with Crippen LogP contribution >= 0.6 is 0 Å². The van der Waals surface area contributed by atoms with Crippen LogP contribution in [0.2, 0.25) is 0 Å². The molecule has 0 fully saturated rings. The fraction of sp³-hybridized carbons (Fsp3) is 0.545. The lowest BCUT2D eigenvalue weighted by molar-refractivity contribution is 0.290. The standard InChI is InChI=1S/C11H18N4/c1-13-8-9-15(11-13)6-3-2-5-14-7-4-12-10-14/h4,7-10H,2-3,5-6,11H2,1H3. The van der Waals surface area contributed by atoms with Crippen LogP contribution in [0.5, 0.6) is 0 Å². The summed E-state index contributed by atoms with van der Waals surface area (Å²) in [6, 6.07) is 0. The molecule has 0 atom stereocenters. The highest BCUT2D eigenvalue weighted by Crippen LogP contribution is 2.05. The molecular formula is C11H18N4. The normalized spacial score (nSPS) is 15.3. The summed E-state index contributed by atoms with van der Waals surface area (Å²) < 4.78 is 2.13. The molecule has 1 aromatic rings. The number of aryl methyl sites for hydroxylation is 1. The zero-order chi connectivity index (χ0) is 10.5. The molecule has 0 bridgehead atoms. The summed E-state index contributed by atoms with van der Waals surface area (Å²) in [5.74, 6) is 0. The minimum absolute atomic E-state index is 1.03. The molecule has 0 aliphatic carbocycles. The molecule has 0 N–H and O–H groups in total. The molecule has 1 aliphatic rings. The van der Waals surface area contributed by atoms with E-state index in [0.29, 0.717) is 0 Å². The number of aromatic nitrogens is 2. The Morgan fingerprint density at radius 3 is 2.73 bits per heavy atom. The highest BCUT2D eigenvalue weighted by molar-refractivity contribution is 4.88. The number of hydrogen-bond donors (Lipinski definition) is 0. The predicted molar refractivity (Wildman–Crippen MR) is 59.9 cm³/mol. The molecule has 2 rings (SSSR count). The largest absolute Gasteiger partial charge is 0.362 e. The molecule has 0 amide bonds.